The van der Waals surface area contributed by atoms with Crippen molar-refractivity contribution in [3.63, 3.8) is 0 Å². The lowest BCUT2D eigenvalue weighted by Crippen LogP contribution is -2.64. The van der Waals surface area contributed by atoms with Gasteiger partial charge in [-0.05, 0) is 176 Å². The van der Waals surface area contributed by atoms with Crippen LogP contribution in [0.2, 0.25) is 0 Å². The van der Waals surface area contributed by atoms with Gasteiger partial charge in [-0.2, -0.15) is 0 Å². The highest BCUT2D eigenvalue weighted by Crippen LogP contribution is 2.63. The van der Waals surface area contributed by atoms with Gasteiger partial charge in [-0.1, -0.05) is 200 Å². The molecule has 0 saturated heterocycles. The Balaban J connectivity index is 1.20. The van der Waals surface area contributed by atoms with Crippen molar-refractivity contribution in [1.29, 1.82) is 0 Å². The molecule has 0 spiro atoms. The SMILES string of the molecule is Cc1ccccc1-c1cc2c3c(c1)C1(C)CCCCC1(C)N3c1cc(N(c3ccc(C(C)(C)C)cc3)c3ccc(C(C)(C)C)cc3)cc3c1B2c1oc2cc(C(C)(C)C)ccc2c1N3c1ccc(C(C)(C)C)cc1-c1ccccc1. The molecule has 5 heteroatoms. The lowest BCUT2D eigenvalue weighted by molar-refractivity contribution is 0.195. The number of benzene rings is 8. The van der Waals surface area contributed by atoms with E-state index < -0.39 is 0 Å². The molecule has 0 radical (unpaired) electrons. The molecular weight excluding hydrogens is 970 g/mol. The summed E-state index contributed by atoms with van der Waals surface area (Å²) in [5, 5.41) is 1.12. The summed E-state index contributed by atoms with van der Waals surface area (Å²) >= 11 is 0. The topological polar surface area (TPSA) is 22.9 Å². The van der Waals surface area contributed by atoms with Crippen molar-refractivity contribution in [1.82, 2.24) is 0 Å². The number of nitrogens with zero attached hydrogens (tertiary/aromatic N) is 3. The zero-order valence-corrected chi connectivity index (χ0v) is 50.2. The van der Waals surface area contributed by atoms with Crippen LogP contribution in [0.1, 0.15) is 156 Å². The Morgan fingerprint density at radius 1 is 0.487 bits per heavy atom. The molecule has 3 aliphatic heterocycles. The average molecular weight is 1050 g/mol. The Morgan fingerprint density at radius 3 is 1.68 bits per heavy atom. The number of hydrogen-bond donors (Lipinski definition) is 0. The molecule has 2 atom stereocenters. The molecule has 404 valence electrons. The van der Waals surface area contributed by atoms with E-state index in [0.717, 1.165) is 57.9 Å². The summed E-state index contributed by atoms with van der Waals surface area (Å²) in [6, 6.07) is 63.5. The summed E-state index contributed by atoms with van der Waals surface area (Å²) < 4.78 is 7.76. The predicted molar refractivity (Wildman–Crippen MR) is 343 cm³/mol. The molecule has 0 N–H and O–H groups in total. The first-order valence-corrected chi connectivity index (χ1v) is 29.7. The minimum atomic E-state index is -0.220. The normalized spacial score (nSPS) is 18.5. The molecule has 80 heavy (non-hydrogen) atoms. The van der Waals surface area contributed by atoms with Gasteiger partial charge in [-0.25, -0.2) is 0 Å². The van der Waals surface area contributed by atoms with Crippen molar-refractivity contribution < 1.29 is 4.42 Å². The molecule has 4 aliphatic rings. The molecule has 1 saturated carbocycles. The highest BCUT2D eigenvalue weighted by molar-refractivity contribution is 7.00. The van der Waals surface area contributed by atoms with Gasteiger partial charge in [0.25, 0.3) is 6.71 Å². The summed E-state index contributed by atoms with van der Waals surface area (Å²) in [7, 11) is 0. The molecule has 8 aromatic carbocycles. The minimum absolute atomic E-state index is 0.00293. The molecule has 0 bridgehead atoms. The molecule has 0 amide bonds. The Hall–Kier alpha value is -7.24. The fraction of sp³-hybridized carbons (Fsp3) is 0.333. The quantitative estimate of drug-likeness (QED) is 0.155. The Bertz CT molecular complexity index is 3870. The van der Waals surface area contributed by atoms with Crippen LogP contribution in [0.5, 0.6) is 0 Å². The van der Waals surface area contributed by atoms with Crippen molar-refractivity contribution in [2.45, 2.75) is 162 Å². The van der Waals surface area contributed by atoms with Crippen LogP contribution in [0.3, 0.4) is 0 Å². The zero-order chi connectivity index (χ0) is 56.2. The van der Waals surface area contributed by atoms with E-state index in [9.17, 15) is 0 Å². The molecule has 4 nitrogen and oxygen atoms in total. The number of rotatable bonds is 6. The van der Waals surface area contributed by atoms with Gasteiger partial charge in [0.05, 0.1) is 28.3 Å². The second-order valence-electron chi connectivity index (χ2n) is 28.6. The summed E-state index contributed by atoms with van der Waals surface area (Å²) in [5.41, 5.74) is 26.5. The highest BCUT2D eigenvalue weighted by Gasteiger charge is 2.62. The van der Waals surface area contributed by atoms with Crippen LogP contribution >= 0.6 is 0 Å². The molecule has 9 aromatic rings. The molecule has 1 aliphatic carbocycles. The Kier molecular flexibility index (Phi) is 11.7. The molecule has 1 fully saturated rings. The van der Waals surface area contributed by atoms with Crippen molar-refractivity contribution >= 4 is 79.8 Å². The minimum Gasteiger partial charge on any atom is -0.468 e. The van der Waals surface area contributed by atoms with Crippen LogP contribution < -0.4 is 31.3 Å². The monoisotopic (exact) mass is 1050 g/mol. The predicted octanol–water partition coefficient (Wildman–Crippen LogP) is 19.1. The lowest BCUT2D eigenvalue weighted by Gasteiger charge is -2.52. The largest absolute Gasteiger partial charge is 0.468 e. The third-order valence-electron chi connectivity index (χ3n) is 19.4. The zero-order valence-electron chi connectivity index (χ0n) is 50.2. The maximum atomic E-state index is 7.76. The molecule has 2 unspecified atom stereocenters. The van der Waals surface area contributed by atoms with E-state index in [4.69, 9.17) is 4.42 Å². The van der Waals surface area contributed by atoms with E-state index in [1.54, 1.807) is 0 Å². The van der Waals surface area contributed by atoms with Gasteiger partial charge < -0.3 is 19.1 Å². The van der Waals surface area contributed by atoms with Crippen molar-refractivity contribution in [2.75, 3.05) is 14.7 Å². The van der Waals surface area contributed by atoms with Gasteiger partial charge >= 0.3 is 0 Å². The number of aryl methyl sites for hydroxylation is 1. The van der Waals surface area contributed by atoms with Crippen molar-refractivity contribution in [3.05, 3.63) is 197 Å². The van der Waals surface area contributed by atoms with Gasteiger partial charge in [-0.3, -0.25) is 0 Å². The van der Waals surface area contributed by atoms with Gasteiger partial charge in [0.15, 0.2) is 0 Å². The number of hydrogen-bond acceptors (Lipinski definition) is 4. The van der Waals surface area contributed by atoms with Crippen molar-refractivity contribution in [3.8, 4) is 22.3 Å². The summed E-state index contributed by atoms with van der Waals surface area (Å²) in [6.07, 6.45) is 4.61. The maximum Gasteiger partial charge on any atom is 0.297 e. The van der Waals surface area contributed by atoms with Crippen LogP contribution in [0.25, 0.3) is 33.2 Å². The summed E-state index contributed by atoms with van der Waals surface area (Å²) in [5.74, 6) is 0. The number of fused-ring (bicyclic) bond motifs is 9. The smallest absolute Gasteiger partial charge is 0.297 e. The first-order chi connectivity index (χ1) is 37.8. The van der Waals surface area contributed by atoms with Gasteiger partial charge in [0, 0.05) is 44.8 Å². The highest BCUT2D eigenvalue weighted by atomic mass is 16.3. The first kappa shape index (κ1) is 52.2. The van der Waals surface area contributed by atoms with Crippen LogP contribution in [0.4, 0.5) is 45.5 Å². The molecular formula is C75H80BN3O. The fourth-order valence-electron chi connectivity index (χ4n) is 14.4. The summed E-state index contributed by atoms with van der Waals surface area (Å²) in [4.78, 5) is 8.06. The second-order valence-corrected chi connectivity index (χ2v) is 28.6. The van der Waals surface area contributed by atoms with E-state index in [2.05, 4.69) is 282 Å². The van der Waals surface area contributed by atoms with E-state index in [1.807, 2.05) is 0 Å². The van der Waals surface area contributed by atoms with E-state index in [0.29, 0.717) is 0 Å². The van der Waals surface area contributed by atoms with Crippen LogP contribution in [-0.2, 0) is 27.1 Å². The second kappa shape index (κ2) is 17.9. The van der Waals surface area contributed by atoms with E-state index in [-0.39, 0.29) is 39.3 Å². The third-order valence-corrected chi connectivity index (χ3v) is 19.4. The average Bonchev–Trinajstić information content (AvgIpc) is 4.13. The third kappa shape index (κ3) is 7.98. The van der Waals surface area contributed by atoms with E-state index in [1.165, 1.54) is 96.5 Å². The Morgan fingerprint density at radius 2 is 1.05 bits per heavy atom. The van der Waals surface area contributed by atoms with Gasteiger partial charge in [-0.15, -0.1) is 0 Å². The van der Waals surface area contributed by atoms with Gasteiger partial charge in [0.1, 0.15) is 5.58 Å². The van der Waals surface area contributed by atoms with Crippen LogP contribution in [-0.4, -0.2) is 12.3 Å². The summed E-state index contributed by atoms with van der Waals surface area (Å²) in [6.45, 7) is 35.1. The molecule has 1 aromatic heterocycles. The number of furan rings is 1. The van der Waals surface area contributed by atoms with Gasteiger partial charge in [0.2, 0.25) is 0 Å². The number of anilines is 8. The maximum absolute atomic E-state index is 7.76. The fourth-order valence-corrected chi connectivity index (χ4v) is 14.4. The van der Waals surface area contributed by atoms with Crippen LogP contribution in [0.15, 0.2) is 168 Å². The van der Waals surface area contributed by atoms with Crippen LogP contribution in [0, 0.1) is 6.92 Å². The molecule has 4 heterocycles. The van der Waals surface area contributed by atoms with Crippen molar-refractivity contribution in [2.24, 2.45) is 0 Å². The van der Waals surface area contributed by atoms with E-state index >= 15 is 0 Å². The first-order valence-electron chi connectivity index (χ1n) is 29.7. The lowest BCUT2D eigenvalue weighted by atomic mass is 9.35. The Labute approximate surface area is 478 Å². The standard InChI is InChI=1S/C75H80BN3O/c1-47-23-19-20-26-57(47)49-41-60-68-61(42-49)76-66-63(78(67-58-37-31-53(73(11,12)13)44-65(58)80-69(67)76)62-38-32-52(72(8,9)10)43-59(62)48-24-17-16-18-25-48)45-56(46-64(66)79(68)75(15)40-22-21-39-74(60,75)14)77(54-33-27-50(28-34-54)70(2,3)4)55-35-29-51(30-36-55)71(5,6)7/h16-20,23-38,41-46H,21-22,39-40H2,1-15H3. The molecule has 13 rings (SSSR count).